The van der Waals surface area contributed by atoms with E-state index in [1.54, 1.807) is 25.1 Å². The maximum Gasteiger partial charge on any atom is 0.273 e. The maximum absolute atomic E-state index is 13.2. The number of nitrogens with one attached hydrogen (secondary N) is 1. The van der Waals surface area contributed by atoms with Crippen molar-refractivity contribution in [2.75, 3.05) is 5.32 Å². The lowest BCUT2D eigenvalue weighted by atomic mass is 10.1. The Morgan fingerprint density at radius 2 is 1.83 bits per heavy atom. The van der Waals surface area contributed by atoms with Gasteiger partial charge in [0.2, 0.25) is 5.91 Å². The molecule has 1 N–H and O–H groups in total. The first-order valence-corrected chi connectivity index (χ1v) is 9.55. The molecule has 1 aliphatic heterocycles. The van der Waals surface area contributed by atoms with Crippen molar-refractivity contribution < 1.29 is 14.0 Å². The van der Waals surface area contributed by atoms with Gasteiger partial charge in [-0.2, -0.15) is 10.2 Å². The van der Waals surface area contributed by atoms with E-state index in [-0.39, 0.29) is 30.3 Å². The molecule has 0 bridgehead atoms. The average molecular weight is 405 g/mol. The lowest BCUT2D eigenvalue weighted by Crippen LogP contribution is -2.36. The zero-order valence-corrected chi connectivity index (χ0v) is 16.4. The Labute approximate surface area is 172 Å². The van der Waals surface area contributed by atoms with E-state index in [9.17, 15) is 14.0 Å². The van der Waals surface area contributed by atoms with Crippen LogP contribution in [0.3, 0.4) is 0 Å². The van der Waals surface area contributed by atoms with Crippen molar-refractivity contribution in [2.45, 2.75) is 26.3 Å². The number of aryl methyl sites for hydroxylation is 1. The number of anilines is 1. The quantitative estimate of drug-likeness (QED) is 0.706. The topological polar surface area (TPSA) is 79.6 Å². The number of nitrogens with zero attached hydrogens (tertiary/aromatic N) is 4. The largest absolute Gasteiger partial charge is 0.305 e. The van der Waals surface area contributed by atoms with E-state index in [1.165, 1.54) is 21.8 Å². The normalized spacial score (nSPS) is 13.9. The van der Waals surface area contributed by atoms with Crippen molar-refractivity contribution in [3.05, 3.63) is 77.7 Å². The molecule has 1 aromatic heterocycles. The fourth-order valence-electron chi connectivity index (χ4n) is 3.20. The summed E-state index contributed by atoms with van der Waals surface area (Å²) in [7, 11) is 0. The van der Waals surface area contributed by atoms with Crippen molar-refractivity contribution in [2.24, 2.45) is 5.10 Å². The Morgan fingerprint density at radius 1 is 1.10 bits per heavy atom. The molecule has 8 heteroatoms. The van der Waals surface area contributed by atoms with Gasteiger partial charge in [0.15, 0.2) is 0 Å². The molecule has 0 spiro atoms. The molecule has 0 saturated carbocycles. The van der Waals surface area contributed by atoms with Crippen LogP contribution >= 0.6 is 0 Å². The summed E-state index contributed by atoms with van der Waals surface area (Å²) in [6.07, 6.45) is 0.481. The number of hydrogen-bond donors (Lipinski definition) is 1. The van der Waals surface area contributed by atoms with Gasteiger partial charge in [0, 0.05) is 18.9 Å². The van der Waals surface area contributed by atoms with Gasteiger partial charge in [-0.1, -0.05) is 30.3 Å². The fourth-order valence-corrected chi connectivity index (χ4v) is 3.20. The Hall–Kier alpha value is -3.81. The molecule has 0 fully saturated rings. The van der Waals surface area contributed by atoms with Crippen LogP contribution in [0.2, 0.25) is 0 Å². The fraction of sp³-hybridized carbons (Fsp3) is 0.182. The summed E-state index contributed by atoms with van der Waals surface area (Å²) in [6, 6.07) is 17.0. The summed E-state index contributed by atoms with van der Waals surface area (Å²) >= 11 is 0. The van der Waals surface area contributed by atoms with Crippen LogP contribution in [0.1, 0.15) is 24.1 Å². The highest BCUT2D eigenvalue weighted by Gasteiger charge is 2.25. The van der Waals surface area contributed by atoms with Crippen LogP contribution in [0.25, 0.3) is 5.69 Å². The second kappa shape index (κ2) is 8.28. The van der Waals surface area contributed by atoms with E-state index in [0.717, 1.165) is 5.56 Å². The summed E-state index contributed by atoms with van der Waals surface area (Å²) in [4.78, 5) is 25.1. The zero-order chi connectivity index (χ0) is 21.1. The first-order chi connectivity index (χ1) is 14.5. The Kier molecular flexibility index (Phi) is 5.38. The van der Waals surface area contributed by atoms with Crippen LogP contribution in [0.4, 0.5) is 10.2 Å². The molecule has 1 aliphatic rings. The molecule has 2 aromatic carbocycles. The number of hydrogen-bond acceptors (Lipinski definition) is 4. The summed E-state index contributed by atoms with van der Waals surface area (Å²) in [6.45, 7) is 2.11. The minimum Gasteiger partial charge on any atom is -0.305 e. The molecule has 0 radical (unpaired) electrons. The molecule has 2 amide bonds. The van der Waals surface area contributed by atoms with Crippen LogP contribution in [0.5, 0.6) is 0 Å². The number of halogens is 1. The van der Waals surface area contributed by atoms with Gasteiger partial charge in [0.25, 0.3) is 5.91 Å². The molecule has 0 atom stereocenters. The number of benzene rings is 2. The highest BCUT2D eigenvalue weighted by atomic mass is 19.1. The van der Waals surface area contributed by atoms with E-state index < -0.39 is 5.91 Å². The van der Waals surface area contributed by atoms with Gasteiger partial charge in [-0.15, -0.1) is 0 Å². The molecule has 0 saturated heterocycles. The average Bonchev–Trinajstić information content (AvgIpc) is 3.11. The van der Waals surface area contributed by atoms with Crippen LogP contribution in [-0.2, 0) is 16.1 Å². The second-order valence-electron chi connectivity index (χ2n) is 7.00. The van der Waals surface area contributed by atoms with E-state index in [4.69, 9.17) is 0 Å². The summed E-state index contributed by atoms with van der Waals surface area (Å²) < 4.78 is 14.8. The van der Waals surface area contributed by atoms with Crippen LogP contribution in [-0.4, -0.2) is 32.3 Å². The summed E-state index contributed by atoms with van der Waals surface area (Å²) in [5, 5.41) is 12.8. The molecule has 3 aromatic rings. The van der Waals surface area contributed by atoms with E-state index in [1.807, 2.05) is 30.3 Å². The summed E-state index contributed by atoms with van der Waals surface area (Å²) in [5.41, 5.74) is 2.52. The smallest absolute Gasteiger partial charge is 0.273 e. The molecular weight excluding hydrogens is 385 g/mol. The number of aromatic nitrogens is 2. The molecule has 0 aliphatic carbocycles. The monoisotopic (exact) mass is 405 g/mol. The van der Waals surface area contributed by atoms with Crippen molar-refractivity contribution in [3.63, 3.8) is 0 Å². The van der Waals surface area contributed by atoms with Gasteiger partial charge in [-0.05, 0) is 36.8 Å². The van der Waals surface area contributed by atoms with Crippen LogP contribution in [0, 0.1) is 12.7 Å². The number of carbonyl (C=O) groups is 2. The third kappa shape index (κ3) is 4.27. The lowest BCUT2D eigenvalue weighted by molar-refractivity contribution is -0.132. The predicted molar refractivity (Wildman–Crippen MR) is 111 cm³/mol. The van der Waals surface area contributed by atoms with Crippen LogP contribution < -0.4 is 5.32 Å². The molecule has 7 nitrogen and oxygen atoms in total. The van der Waals surface area contributed by atoms with Crippen molar-refractivity contribution in [1.82, 2.24) is 14.8 Å². The predicted octanol–water partition coefficient (Wildman–Crippen LogP) is 3.44. The third-order valence-corrected chi connectivity index (χ3v) is 4.69. The number of hydrazone groups is 1. The molecule has 0 unspecified atom stereocenters. The molecule has 152 valence electrons. The van der Waals surface area contributed by atoms with Gasteiger partial charge in [-0.3, -0.25) is 9.59 Å². The lowest BCUT2D eigenvalue weighted by Gasteiger charge is -2.23. The number of rotatable bonds is 5. The molecule has 30 heavy (non-hydrogen) atoms. The third-order valence-electron chi connectivity index (χ3n) is 4.69. The number of amides is 2. The number of carbonyl (C=O) groups excluding carboxylic acids is 2. The van der Waals surface area contributed by atoms with E-state index >= 15 is 0 Å². The zero-order valence-electron chi connectivity index (χ0n) is 16.4. The Morgan fingerprint density at radius 3 is 2.57 bits per heavy atom. The molecule has 4 rings (SSSR count). The minimum absolute atomic E-state index is 0.123. The summed E-state index contributed by atoms with van der Waals surface area (Å²) in [5.74, 6) is -0.433. The maximum atomic E-state index is 13.2. The van der Waals surface area contributed by atoms with Crippen molar-refractivity contribution in [1.29, 1.82) is 0 Å². The SMILES string of the molecule is Cc1cc(NC(=O)C2=NN(Cc3ccccc3)C(=O)CC2)n(-c2ccc(F)cc2)n1. The van der Waals surface area contributed by atoms with Gasteiger partial charge in [-0.25, -0.2) is 14.1 Å². The first kappa shape index (κ1) is 19.5. The van der Waals surface area contributed by atoms with Crippen molar-refractivity contribution in [3.8, 4) is 5.69 Å². The minimum atomic E-state index is -0.399. The van der Waals surface area contributed by atoms with E-state index in [0.29, 0.717) is 23.7 Å². The van der Waals surface area contributed by atoms with Gasteiger partial charge in [0.1, 0.15) is 17.3 Å². The highest BCUT2D eigenvalue weighted by Crippen LogP contribution is 2.19. The second-order valence-corrected chi connectivity index (χ2v) is 7.00. The van der Waals surface area contributed by atoms with E-state index in [2.05, 4.69) is 15.5 Å². The Balaban J connectivity index is 1.54. The highest BCUT2D eigenvalue weighted by molar-refractivity contribution is 6.43. The molecule has 2 heterocycles. The van der Waals surface area contributed by atoms with Gasteiger partial charge in [0.05, 0.1) is 17.9 Å². The van der Waals surface area contributed by atoms with Crippen LogP contribution in [0.15, 0.2) is 65.8 Å². The first-order valence-electron chi connectivity index (χ1n) is 9.55. The molecular formula is C22H20FN5O2. The standard InChI is InChI=1S/C22H20FN5O2/c1-15-13-20(28(25-15)18-9-7-17(23)8-10-18)24-22(30)19-11-12-21(29)27(26-19)14-16-5-3-2-4-6-16/h2-10,13H,11-12,14H2,1H3,(H,24,30). The van der Waals surface area contributed by atoms with Gasteiger partial charge < -0.3 is 5.32 Å². The van der Waals surface area contributed by atoms with Crippen molar-refractivity contribution >= 4 is 23.3 Å². The van der Waals surface area contributed by atoms with Gasteiger partial charge >= 0.3 is 0 Å². The Bertz CT molecular complexity index is 1110.